The number of hydrogen-bond acceptors (Lipinski definition) is 5. The Morgan fingerprint density at radius 3 is 2.52 bits per heavy atom. The Hall–Kier alpha value is -2.09. The molecule has 2 N–H and O–H groups in total. The summed E-state index contributed by atoms with van der Waals surface area (Å²) in [7, 11) is -2.36. The van der Waals surface area contributed by atoms with Gasteiger partial charge in [0, 0.05) is 6.42 Å². The van der Waals surface area contributed by atoms with Crippen LogP contribution in [0.2, 0.25) is 0 Å². The second-order valence-electron chi connectivity index (χ2n) is 4.44. The summed E-state index contributed by atoms with van der Waals surface area (Å²) in [4.78, 5) is 21.7. The third-order valence-corrected chi connectivity index (χ3v) is 4.07. The quantitative estimate of drug-likeness (QED) is 0.736. The summed E-state index contributed by atoms with van der Waals surface area (Å²) in [5, 5.41) is 8.49. The summed E-state index contributed by atoms with van der Waals surface area (Å²) in [5.74, 6) is -1.82. The molecule has 0 spiro atoms. The third-order valence-electron chi connectivity index (χ3n) is 2.72. The fraction of sp³-hybridized carbons (Fsp3) is 0.385. The molecule has 0 atom stereocenters. The Morgan fingerprint density at radius 1 is 1.33 bits per heavy atom. The van der Waals surface area contributed by atoms with Crippen LogP contribution in [0.25, 0.3) is 0 Å². The van der Waals surface area contributed by atoms with Crippen LogP contribution in [-0.4, -0.2) is 38.3 Å². The van der Waals surface area contributed by atoms with Crippen molar-refractivity contribution in [1.82, 2.24) is 0 Å². The van der Waals surface area contributed by atoms with E-state index in [9.17, 15) is 18.0 Å². The number of ether oxygens (including phenoxy) is 1. The molecule has 0 aliphatic carbocycles. The second kappa shape index (κ2) is 7.07. The van der Waals surface area contributed by atoms with Crippen molar-refractivity contribution < 1.29 is 27.9 Å². The first kappa shape index (κ1) is 17.0. The number of benzene rings is 1. The van der Waals surface area contributed by atoms with Crippen molar-refractivity contribution in [3.8, 4) is 0 Å². The van der Waals surface area contributed by atoms with E-state index in [0.717, 1.165) is 0 Å². The predicted molar refractivity (Wildman–Crippen MR) is 76.8 cm³/mol. The number of rotatable bonds is 7. The van der Waals surface area contributed by atoms with E-state index < -0.39 is 22.0 Å². The second-order valence-corrected chi connectivity index (χ2v) is 6.28. The monoisotopic (exact) mass is 315 g/mol. The lowest BCUT2D eigenvalue weighted by atomic mass is 10.1. The number of esters is 1. The molecule has 0 amide bonds. The van der Waals surface area contributed by atoms with Crippen LogP contribution in [0.1, 0.15) is 28.8 Å². The standard InChI is InChI=1S/C13H17NO6S/c1-9-8-10(13(17)20-2)5-6-11(9)14-21(18,19)7-3-4-12(15)16/h5-6,8,14H,3-4,7H2,1-2H3,(H,15,16). The molecule has 0 unspecified atom stereocenters. The summed E-state index contributed by atoms with van der Waals surface area (Å²) in [6.45, 7) is 1.65. The molecule has 0 saturated heterocycles. The minimum absolute atomic E-state index is 0.0317. The highest BCUT2D eigenvalue weighted by Crippen LogP contribution is 2.18. The van der Waals surface area contributed by atoms with Crippen molar-refractivity contribution in [2.24, 2.45) is 0 Å². The molecule has 1 aromatic carbocycles. The van der Waals surface area contributed by atoms with Crippen LogP contribution in [0.15, 0.2) is 18.2 Å². The first-order chi connectivity index (χ1) is 9.75. The lowest BCUT2D eigenvalue weighted by Crippen LogP contribution is -2.18. The molecule has 0 radical (unpaired) electrons. The maximum absolute atomic E-state index is 11.8. The summed E-state index contributed by atoms with van der Waals surface area (Å²) in [5.41, 5.74) is 1.24. The van der Waals surface area contributed by atoms with E-state index in [1.165, 1.54) is 25.3 Å². The van der Waals surface area contributed by atoms with Crippen LogP contribution in [0.4, 0.5) is 5.69 Å². The summed E-state index contributed by atoms with van der Waals surface area (Å²) in [6, 6.07) is 4.44. The van der Waals surface area contributed by atoms with Gasteiger partial charge in [-0.1, -0.05) is 0 Å². The Morgan fingerprint density at radius 2 is 2.00 bits per heavy atom. The van der Waals surface area contributed by atoms with Crippen LogP contribution >= 0.6 is 0 Å². The fourth-order valence-corrected chi connectivity index (χ4v) is 2.85. The Balaban J connectivity index is 2.78. The molecule has 0 aromatic heterocycles. The van der Waals surface area contributed by atoms with Crippen molar-refractivity contribution >= 4 is 27.6 Å². The number of aryl methyl sites for hydroxylation is 1. The molecule has 116 valence electrons. The molecule has 0 fully saturated rings. The van der Waals surface area contributed by atoms with Gasteiger partial charge in [0.2, 0.25) is 10.0 Å². The number of hydrogen-bond donors (Lipinski definition) is 2. The van der Waals surface area contributed by atoms with E-state index in [1.54, 1.807) is 6.92 Å². The number of carbonyl (C=O) groups excluding carboxylic acids is 1. The number of carboxylic acids is 1. The molecule has 0 heterocycles. The van der Waals surface area contributed by atoms with E-state index >= 15 is 0 Å². The minimum Gasteiger partial charge on any atom is -0.481 e. The molecule has 0 aliphatic rings. The SMILES string of the molecule is COC(=O)c1ccc(NS(=O)(=O)CCCC(=O)O)c(C)c1. The molecule has 1 rings (SSSR count). The summed E-state index contributed by atoms with van der Waals surface area (Å²) in [6.07, 6.45) is -0.175. The number of carboxylic acid groups (broad SMARTS) is 1. The van der Waals surface area contributed by atoms with Crippen molar-refractivity contribution in [3.05, 3.63) is 29.3 Å². The number of carbonyl (C=O) groups is 2. The van der Waals surface area contributed by atoms with Gasteiger partial charge in [0.15, 0.2) is 0 Å². The number of sulfonamides is 1. The lowest BCUT2D eigenvalue weighted by Gasteiger charge is -2.11. The van der Waals surface area contributed by atoms with Gasteiger partial charge in [0.05, 0.1) is 24.1 Å². The van der Waals surface area contributed by atoms with Crippen molar-refractivity contribution in [1.29, 1.82) is 0 Å². The van der Waals surface area contributed by atoms with Gasteiger partial charge in [0.1, 0.15) is 0 Å². The number of aliphatic carboxylic acids is 1. The van der Waals surface area contributed by atoms with Gasteiger partial charge >= 0.3 is 11.9 Å². The molecule has 0 aliphatic heterocycles. The maximum atomic E-state index is 11.8. The average Bonchev–Trinajstić information content (AvgIpc) is 2.39. The molecular formula is C13H17NO6S. The van der Waals surface area contributed by atoms with Crippen molar-refractivity contribution in [2.45, 2.75) is 19.8 Å². The van der Waals surface area contributed by atoms with Crippen LogP contribution in [-0.2, 0) is 19.6 Å². The normalized spacial score (nSPS) is 11.0. The number of anilines is 1. The summed E-state index contributed by atoms with van der Waals surface area (Å²) >= 11 is 0. The van der Waals surface area contributed by atoms with Gasteiger partial charge < -0.3 is 9.84 Å². The highest BCUT2D eigenvalue weighted by molar-refractivity contribution is 7.92. The maximum Gasteiger partial charge on any atom is 0.337 e. The van der Waals surface area contributed by atoms with E-state index in [4.69, 9.17) is 5.11 Å². The van der Waals surface area contributed by atoms with Gasteiger partial charge in [0.25, 0.3) is 0 Å². The molecular weight excluding hydrogens is 298 g/mol. The van der Waals surface area contributed by atoms with Crippen LogP contribution in [0.5, 0.6) is 0 Å². The largest absolute Gasteiger partial charge is 0.481 e. The zero-order chi connectivity index (χ0) is 16.0. The average molecular weight is 315 g/mol. The smallest absolute Gasteiger partial charge is 0.337 e. The molecule has 1 aromatic rings. The van der Waals surface area contributed by atoms with Gasteiger partial charge in [-0.3, -0.25) is 9.52 Å². The van der Waals surface area contributed by atoms with Crippen LogP contribution < -0.4 is 4.72 Å². The van der Waals surface area contributed by atoms with Crippen molar-refractivity contribution in [2.75, 3.05) is 17.6 Å². The van der Waals surface area contributed by atoms with Crippen LogP contribution in [0, 0.1) is 6.92 Å². The molecule has 21 heavy (non-hydrogen) atoms. The Bertz CT molecular complexity index is 638. The topological polar surface area (TPSA) is 110 Å². The highest BCUT2D eigenvalue weighted by atomic mass is 32.2. The van der Waals surface area contributed by atoms with E-state index in [1.807, 2.05) is 0 Å². The highest BCUT2D eigenvalue weighted by Gasteiger charge is 2.14. The number of nitrogens with one attached hydrogen (secondary N) is 1. The minimum atomic E-state index is -3.62. The van der Waals surface area contributed by atoms with E-state index in [0.29, 0.717) is 16.8 Å². The van der Waals surface area contributed by atoms with Gasteiger partial charge in [-0.15, -0.1) is 0 Å². The molecule has 8 heteroatoms. The lowest BCUT2D eigenvalue weighted by molar-refractivity contribution is -0.137. The van der Waals surface area contributed by atoms with E-state index in [2.05, 4.69) is 9.46 Å². The van der Waals surface area contributed by atoms with Crippen LogP contribution in [0.3, 0.4) is 0 Å². The molecule has 0 saturated carbocycles. The molecule has 7 nitrogen and oxygen atoms in total. The number of methoxy groups -OCH3 is 1. The fourth-order valence-electron chi connectivity index (χ4n) is 1.65. The predicted octanol–water partition coefficient (Wildman–Crippen LogP) is 1.39. The van der Waals surface area contributed by atoms with Crippen molar-refractivity contribution in [3.63, 3.8) is 0 Å². The van der Waals surface area contributed by atoms with Gasteiger partial charge in [-0.25, -0.2) is 13.2 Å². The summed E-state index contributed by atoms with van der Waals surface area (Å²) < 4.78 is 30.6. The van der Waals surface area contributed by atoms with E-state index in [-0.39, 0.29) is 18.6 Å². The zero-order valence-electron chi connectivity index (χ0n) is 11.8. The van der Waals surface area contributed by atoms with Gasteiger partial charge in [-0.2, -0.15) is 0 Å². The molecule has 0 bridgehead atoms. The third kappa shape index (κ3) is 5.42. The first-order valence-corrected chi connectivity index (χ1v) is 7.81. The Labute approximate surface area is 123 Å². The first-order valence-electron chi connectivity index (χ1n) is 6.16. The van der Waals surface area contributed by atoms with Gasteiger partial charge in [-0.05, 0) is 37.1 Å². The Kier molecular flexibility index (Phi) is 5.71. The zero-order valence-corrected chi connectivity index (χ0v) is 12.6.